The average Bonchev–Trinajstić information content (AvgIpc) is 2.61. The molecule has 2 N–H and O–H groups in total. The number of benzene rings is 2. The normalized spacial score (nSPS) is 12.9. The molecule has 0 heterocycles. The zero-order valence-corrected chi connectivity index (χ0v) is 14.5. The van der Waals surface area contributed by atoms with E-state index in [0.717, 1.165) is 12.8 Å². The SMILES string of the molecule is COc1ccc(NC(=O)c2ccc3c(c2)CCCC3)cc1NC(C)=O. The van der Waals surface area contributed by atoms with Crippen LogP contribution in [0, 0.1) is 0 Å². The fraction of sp³-hybridized carbons (Fsp3) is 0.300. The van der Waals surface area contributed by atoms with Gasteiger partial charge in [-0.1, -0.05) is 6.07 Å². The lowest BCUT2D eigenvalue weighted by Crippen LogP contribution is -2.14. The van der Waals surface area contributed by atoms with Crippen LogP contribution in [-0.2, 0) is 17.6 Å². The lowest BCUT2D eigenvalue weighted by atomic mass is 9.90. The molecule has 0 saturated heterocycles. The van der Waals surface area contributed by atoms with E-state index in [2.05, 4.69) is 16.7 Å². The zero-order chi connectivity index (χ0) is 17.8. The van der Waals surface area contributed by atoms with Gasteiger partial charge in [0.05, 0.1) is 12.8 Å². The zero-order valence-electron chi connectivity index (χ0n) is 14.5. The summed E-state index contributed by atoms with van der Waals surface area (Å²) in [5.74, 6) is 0.186. The molecule has 2 aromatic carbocycles. The van der Waals surface area contributed by atoms with E-state index in [0.29, 0.717) is 22.7 Å². The molecule has 25 heavy (non-hydrogen) atoms. The van der Waals surface area contributed by atoms with Crippen LogP contribution in [0.25, 0.3) is 0 Å². The highest BCUT2D eigenvalue weighted by Crippen LogP contribution is 2.28. The van der Waals surface area contributed by atoms with Crippen molar-refractivity contribution in [1.82, 2.24) is 0 Å². The first-order valence-electron chi connectivity index (χ1n) is 8.45. The Morgan fingerprint density at radius 2 is 1.72 bits per heavy atom. The molecular formula is C20H22N2O3. The molecule has 5 heteroatoms. The summed E-state index contributed by atoms with van der Waals surface area (Å²) in [4.78, 5) is 23.9. The second kappa shape index (κ2) is 7.38. The number of anilines is 2. The number of ether oxygens (including phenoxy) is 1. The van der Waals surface area contributed by atoms with E-state index in [1.54, 1.807) is 18.2 Å². The van der Waals surface area contributed by atoms with Crippen molar-refractivity contribution in [2.24, 2.45) is 0 Å². The molecule has 0 fully saturated rings. The molecule has 0 aliphatic heterocycles. The highest BCUT2D eigenvalue weighted by Gasteiger charge is 2.14. The second-order valence-corrected chi connectivity index (χ2v) is 6.24. The first-order chi connectivity index (χ1) is 12.1. The topological polar surface area (TPSA) is 67.4 Å². The summed E-state index contributed by atoms with van der Waals surface area (Å²) in [6.45, 7) is 1.43. The molecule has 0 saturated carbocycles. The first-order valence-corrected chi connectivity index (χ1v) is 8.45. The number of hydrogen-bond donors (Lipinski definition) is 2. The Hall–Kier alpha value is -2.82. The van der Waals surface area contributed by atoms with E-state index in [-0.39, 0.29) is 11.8 Å². The van der Waals surface area contributed by atoms with Crippen molar-refractivity contribution in [2.45, 2.75) is 32.6 Å². The van der Waals surface area contributed by atoms with Crippen LogP contribution in [0.1, 0.15) is 41.3 Å². The summed E-state index contributed by atoms with van der Waals surface area (Å²) in [5, 5.41) is 5.59. The molecule has 2 amide bonds. The number of nitrogens with one attached hydrogen (secondary N) is 2. The Morgan fingerprint density at radius 3 is 2.44 bits per heavy atom. The van der Waals surface area contributed by atoms with Gasteiger partial charge in [-0.25, -0.2) is 0 Å². The summed E-state index contributed by atoms with van der Waals surface area (Å²) in [7, 11) is 1.53. The first kappa shape index (κ1) is 17.0. The van der Waals surface area contributed by atoms with Crippen LogP contribution < -0.4 is 15.4 Å². The minimum absolute atomic E-state index is 0.160. The molecule has 0 radical (unpaired) electrons. The van der Waals surface area contributed by atoms with E-state index in [1.807, 2.05) is 12.1 Å². The lowest BCUT2D eigenvalue weighted by molar-refractivity contribution is -0.114. The summed E-state index contributed by atoms with van der Waals surface area (Å²) >= 11 is 0. The maximum Gasteiger partial charge on any atom is 0.255 e. The van der Waals surface area contributed by atoms with Crippen LogP contribution in [-0.4, -0.2) is 18.9 Å². The predicted molar refractivity (Wildman–Crippen MR) is 98.3 cm³/mol. The van der Waals surface area contributed by atoms with E-state index in [9.17, 15) is 9.59 Å². The van der Waals surface area contributed by atoms with E-state index in [4.69, 9.17) is 4.74 Å². The van der Waals surface area contributed by atoms with Crippen molar-refractivity contribution in [2.75, 3.05) is 17.7 Å². The van der Waals surface area contributed by atoms with Gasteiger partial charge in [-0.05, 0) is 67.1 Å². The lowest BCUT2D eigenvalue weighted by Gasteiger charge is -2.16. The number of rotatable bonds is 4. The van der Waals surface area contributed by atoms with E-state index >= 15 is 0 Å². The van der Waals surface area contributed by atoms with Crippen LogP contribution in [0.15, 0.2) is 36.4 Å². The molecule has 0 spiro atoms. The minimum Gasteiger partial charge on any atom is -0.495 e. The molecule has 3 rings (SSSR count). The molecule has 0 atom stereocenters. The van der Waals surface area contributed by atoms with Crippen LogP contribution in [0.2, 0.25) is 0 Å². The van der Waals surface area contributed by atoms with Crippen molar-refractivity contribution in [1.29, 1.82) is 0 Å². The van der Waals surface area contributed by atoms with Gasteiger partial charge in [0.15, 0.2) is 0 Å². The van der Waals surface area contributed by atoms with Gasteiger partial charge in [-0.2, -0.15) is 0 Å². The number of aryl methyl sites for hydroxylation is 2. The summed E-state index contributed by atoms with van der Waals surface area (Å²) in [5.41, 5.74) is 4.40. The number of fused-ring (bicyclic) bond motifs is 1. The second-order valence-electron chi connectivity index (χ2n) is 6.24. The van der Waals surface area contributed by atoms with E-state index in [1.165, 1.54) is 38.0 Å². The Labute approximate surface area is 147 Å². The van der Waals surface area contributed by atoms with Gasteiger partial charge in [0.25, 0.3) is 5.91 Å². The Balaban J connectivity index is 1.79. The van der Waals surface area contributed by atoms with Crippen molar-refractivity contribution in [3.8, 4) is 5.75 Å². The van der Waals surface area contributed by atoms with Crippen LogP contribution >= 0.6 is 0 Å². The summed E-state index contributed by atoms with van der Waals surface area (Å²) in [6.07, 6.45) is 4.52. The van der Waals surface area contributed by atoms with Gasteiger partial charge in [-0.3, -0.25) is 9.59 Å². The molecule has 0 unspecified atom stereocenters. The van der Waals surface area contributed by atoms with Crippen LogP contribution in [0.3, 0.4) is 0 Å². The fourth-order valence-corrected chi connectivity index (χ4v) is 3.15. The number of amides is 2. The summed E-state index contributed by atoms with van der Waals surface area (Å²) < 4.78 is 5.23. The van der Waals surface area contributed by atoms with Gasteiger partial charge in [-0.15, -0.1) is 0 Å². The highest BCUT2D eigenvalue weighted by atomic mass is 16.5. The maximum absolute atomic E-state index is 12.6. The fourth-order valence-electron chi connectivity index (χ4n) is 3.15. The Morgan fingerprint density at radius 1 is 0.960 bits per heavy atom. The number of carbonyl (C=O) groups excluding carboxylic acids is 2. The highest BCUT2D eigenvalue weighted by molar-refractivity contribution is 6.05. The van der Waals surface area contributed by atoms with Gasteiger partial charge < -0.3 is 15.4 Å². The van der Waals surface area contributed by atoms with Gasteiger partial charge >= 0.3 is 0 Å². The molecule has 1 aliphatic rings. The Bertz CT molecular complexity index is 815. The predicted octanol–water partition coefficient (Wildman–Crippen LogP) is 3.78. The number of methoxy groups -OCH3 is 1. The van der Waals surface area contributed by atoms with Crippen molar-refractivity contribution >= 4 is 23.2 Å². The largest absolute Gasteiger partial charge is 0.495 e. The molecule has 1 aliphatic carbocycles. The monoisotopic (exact) mass is 338 g/mol. The number of hydrogen-bond acceptors (Lipinski definition) is 3. The summed E-state index contributed by atoms with van der Waals surface area (Å²) in [6, 6.07) is 11.1. The molecule has 130 valence electrons. The van der Waals surface area contributed by atoms with Crippen molar-refractivity contribution < 1.29 is 14.3 Å². The third-order valence-corrected chi connectivity index (χ3v) is 4.38. The standard InChI is InChI=1S/C20H22N2O3/c1-13(23)21-18-12-17(9-10-19(18)25-2)22-20(24)16-8-7-14-5-3-4-6-15(14)11-16/h7-12H,3-6H2,1-2H3,(H,21,23)(H,22,24). The minimum atomic E-state index is -0.198. The molecule has 0 bridgehead atoms. The van der Waals surface area contributed by atoms with Crippen molar-refractivity contribution in [3.05, 3.63) is 53.1 Å². The van der Waals surface area contributed by atoms with Gasteiger partial charge in [0.2, 0.25) is 5.91 Å². The molecule has 0 aromatic heterocycles. The van der Waals surface area contributed by atoms with Crippen molar-refractivity contribution in [3.63, 3.8) is 0 Å². The van der Waals surface area contributed by atoms with Crippen LogP contribution in [0.4, 0.5) is 11.4 Å². The third-order valence-electron chi connectivity index (χ3n) is 4.38. The molecule has 2 aromatic rings. The molecular weight excluding hydrogens is 316 g/mol. The quantitative estimate of drug-likeness (QED) is 0.891. The van der Waals surface area contributed by atoms with E-state index < -0.39 is 0 Å². The Kier molecular flexibility index (Phi) is 5.03. The third kappa shape index (κ3) is 3.99. The molecule has 5 nitrogen and oxygen atoms in total. The van der Waals surface area contributed by atoms with Gasteiger partial charge in [0, 0.05) is 18.2 Å². The average molecular weight is 338 g/mol. The smallest absolute Gasteiger partial charge is 0.255 e. The van der Waals surface area contributed by atoms with Crippen LogP contribution in [0.5, 0.6) is 5.75 Å². The van der Waals surface area contributed by atoms with Gasteiger partial charge in [0.1, 0.15) is 5.75 Å². The maximum atomic E-state index is 12.6. The number of carbonyl (C=O) groups is 2.